The Kier molecular flexibility index (Phi) is 2.50. The monoisotopic (exact) mass is 283 g/mol. The molecule has 0 aliphatic rings. The van der Waals surface area contributed by atoms with Gasteiger partial charge in [-0.3, -0.25) is 4.40 Å². The van der Waals surface area contributed by atoms with Gasteiger partial charge in [-0.15, -0.1) is 11.3 Å². The van der Waals surface area contributed by atoms with Gasteiger partial charge in [-0.05, 0) is 24.3 Å². The van der Waals surface area contributed by atoms with E-state index in [9.17, 15) is 0 Å². The van der Waals surface area contributed by atoms with Gasteiger partial charge in [0.2, 0.25) is 0 Å². The molecule has 3 nitrogen and oxygen atoms in total. The van der Waals surface area contributed by atoms with Crippen LogP contribution in [-0.4, -0.2) is 9.38 Å². The number of halogens is 2. The van der Waals surface area contributed by atoms with Gasteiger partial charge in [-0.2, -0.15) is 0 Å². The minimum atomic E-state index is 0.405. The molecule has 0 aromatic carbocycles. The average molecular weight is 284 g/mol. The van der Waals surface area contributed by atoms with Gasteiger partial charge in [0.25, 0.3) is 0 Å². The van der Waals surface area contributed by atoms with Crippen LogP contribution >= 0.6 is 34.5 Å². The highest BCUT2D eigenvalue weighted by Crippen LogP contribution is 2.34. The highest BCUT2D eigenvalue weighted by Gasteiger charge is 2.14. The third kappa shape index (κ3) is 1.69. The van der Waals surface area contributed by atoms with Gasteiger partial charge in [-0.25, -0.2) is 4.98 Å². The lowest BCUT2D eigenvalue weighted by molar-refractivity contribution is 1.17. The number of pyridine rings is 1. The van der Waals surface area contributed by atoms with Crippen molar-refractivity contribution in [2.45, 2.75) is 0 Å². The summed E-state index contributed by atoms with van der Waals surface area (Å²) in [6.07, 6.45) is 1.88. The largest absolute Gasteiger partial charge is 0.397 e. The maximum absolute atomic E-state index is 6.10. The Morgan fingerprint density at radius 1 is 1.24 bits per heavy atom. The van der Waals surface area contributed by atoms with E-state index in [1.54, 1.807) is 6.07 Å². The zero-order valence-electron chi connectivity index (χ0n) is 8.52. The molecule has 3 aromatic heterocycles. The first-order chi connectivity index (χ1) is 8.16. The lowest BCUT2D eigenvalue weighted by Gasteiger charge is -2.00. The highest BCUT2D eigenvalue weighted by atomic mass is 35.5. The van der Waals surface area contributed by atoms with Gasteiger partial charge in [0, 0.05) is 6.20 Å². The molecule has 6 heteroatoms. The smallest absolute Gasteiger partial charge is 0.157 e. The Morgan fingerprint density at radius 2 is 2.06 bits per heavy atom. The molecule has 0 amide bonds. The molecule has 86 valence electrons. The molecule has 3 aromatic rings. The predicted octanol–water partition coefficient (Wildman–Crippen LogP) is 3.95. The number of hydrogen-bond donors (Lipinski definition) is 1. The summed E-state index contributed by atoms with van der Waals surface area (Å²) in [4.78, 5) is 5.29. The van der Waals surface area contributed by atoms with Gasteiger partial charge in [0.1, 0.15) is 5.52 Å². The molecule has 17 heavy (non-hydrogen) atoms. The van der Waals surface area contributed by atoms with Crippen LogP contribution in [0.5, 0.6) is 0 Å². The van der Waals surface area contributed by atoms with Gasteiger partial charge in [-0.1, -0.05) is 23.2 Å². The molecule has 0 spiro atoms. The first-order valence-corrected chi connectivity index (χ1v) is 6.42. The Labute approximate surface area is 111 Å². The first-order valence-electron chi connectivity index (χ1n) is 4.84. The third-order valence-corrected chi connectivity index (χ3v) is 3.94. The molecular weight excluding hydrogens is 277 g/mol. The van der Waals surface area contributed by atoms with Crippen molar-refractivity contribution >= 4 is 45.7 Å². The highest BCUT2D eigenvalue weighted by molar-refractivity contribution is 7.19. The Balaban J connectivity index is 2.35. The van der Waals surface area contributed by atoms with E-state index in [0.717, 1.165) is 20.6 Å². The zero-order valence-corrected chi connectivity index (χ0v) is 10.9. The van der Waals surface area contributed by atoms with Gasteiger partial charge < -0.3 is 5.73 Å². The third-order valence-electron chi connectivity index (χ3n) is 2.45. The summed E-state index contributed by atoms with van der Waals surface area (Å²) in [5.74, 6) is 0.759. The van der Waals surface area contributed by atoms with Crippen molar-refractivity contribution < 1.29 is 0 Å². The number of imidazole rings is 1. The summed E-state index contributed by atoms with van der Waals surface area (Å²) in [5.41, 5.74) is 7.23. The fourth-order valence-corrected chi connectivity index (χ4v) is 3.04. The van der Waals surface area contributed by atoms with Crippen LogP contribution < -0.4 is 5.73 Å². The first kappa shape index (κ1) is 10.9. The number of anilines is 1. The number of fused-ring (bicyclic) bond motifs is 1. The van der Waals surface area contributed by atoms with Crippen molar-refractivity contribution in [1.82, 2.24) is 9.38 Å². The van der Waals surface area contributed by atoms with Crippen molar-refractivity contribution in [3.63, 3.8) is 0 Å². The van der Waals surface area contributed by atoms with E-state index < -0.39 is 0 Å². The number of nitrogens with two attached hydrogens (primary N) is 1. The van der Waals surface area contributed by atoms with Crippen LogP contribution in [0.2, 0.25) is 9.49 Å². The molecule has 0 aliphatic heterocycles. The minimum absolute atomic E-state index is 0.405. The van der Waals surface area contributed by atoms with Crippen LogP contribution in [0.25, 0.3) is 16.2 Å². The van der Waals surface area contributed by atoms with E-state index in [-0.39, 0.29) is 0 Å². The van der Waals surface area contributed by atoms with E-state index >= 15 is 0 Å². The number of aromatic nitrogens is 2. The number of thiophene rings is 1. The number of rotatable bonds is 1. The van der Waals surface area contributed by atoms with Crippen molar-refractivity contribution in [2.75, 3.05) is 5.73 Å². The van der Waals surface area contributed by atoms with E-state index in [1.165, 1.54) is 11.3 Å². The quantitative estimate of drug-likeness (QED) is 0.735. The molecule has 0 saturated heterocycles. The predicted molar refractivity (Wildman–Crippen MR) is 72.9 cm³/mol. The van der Waals surface area contributed by atoms with Crippen molar-refractivity contribution in [3.8, 4) is 10.7 Å². The van der Waals surface area contributed by atoms with Crippen LogP contribution in [0.3, 0.4) is 0 Å². The van der Waals surface area contributed by atoms with Crippen molar-refractivity contribution in [1.29, 1.82) is 0 Å². The molecule has 2 N–H and O–H groups in total. The molecule has 0 radical (unpaired) electrons. The van der Waals surface area contributed by atoms with E-state index in [0.29, 0.717) is 10.8 Å². The summed E-state index contributed by atoms with van der Waals surface area (Å²) in [6.45, 7) is 0. The Bertz CT molecular complexity index is 702. The summed E-state index contributed by atoms with van der Waals surface area (Å²) >= 11 is 13.5. The second-order valence-electron chi connectivity index (χ2n) is 3.51. The second-order valence-corrected chi connectivity index (χ2v) is 5.59. The van der Waals surface area contributed by atoms with Gasteiger partial charge in [0.15, 0.2) is 11.0 Å². The number of nitrogens with zero attached hydrogens (tertiary/aromatic N) is 2. The minimum Gasteiger partial charge on any atom is -0.397 e. The summed E-state index contributed by atoms with van der Waals surface area (Å²) in [7, 11) is 0. The Morgan fingerprint density at radius 3 is 2.76 bits per heavy atom. The number of hydrogen-bond acceptors (Lipinski definition) is 3. The topological polar surface area (TPSA) is 43.3 Å². The van der Waals surface area contributed by atoms with Gasteiger partial charge >= 0.3 is 0 Å². The van der Waals surface area contributed by atoms with E-state index in [4.69, 9.17) is 28.9 Å². The molecule has 0 atom stereocenters. The second kappa shape index (κ2) is 3.91. The normalized spacial score (nSPS) is 11.2. The van der Waals surface area contributed by atoms with E-state index in [1.807, 2.05) is 28.8 Å². The fourth-order valence-electron chi connectivity index (χ4n) is 1.73. The van der Waals surface area contributed by atoms with Crippen molar-refractivity contribution in [3.05, 3.63) is 40.0 Å². The lowest BCUT2D eigenvalue weighted by Crippen LogP contribution is -1.92. The molecular formula is C11H7Cl2N3S. The molecule has 3 rings (SSSR count). The molecule has 0 fully saturated rings. The fraction of sp³-hybridized carbons (Fsp3) is 0. The maximum Gasteiger partial charge on any atom is 0.157 e. The van der Waals surface area contributed by atoms with Crippen molar-refractivity contribution in [2.24, 2.45) is 0 Å². The molecule has 0 bridgehead atoms. The van der Waals surface area contributed by atoms with Crippen LogP contribution in [0.1, 0.15) is 0 Å². The summed E-state index contributed by atoms with van der Waals surface area (Å²) < 4.78 is 2.59. The Hall–Kier alpha value is -1.23. The number of nitrogen functional groups attached to an aromatic ring is 1. The SMILES string of the molecule is Nc1cccn2c(-c3ccc(Cl)s3)nc(Cl)c12. The average Bonchev–Trinajstić information content (AvgIpc) is 2.84. The van der Waals surface area contributed by atoms with Crippen LogP contribution in [0.4, 0.5) is 5.69 Å². The van der Waals surface area contributed by atoms with Crippen LogP contribution in [0, 0.1) is 0 Å². The molecule has 0 saturated carbocycles. The maximum atomic E-state index is 6.10. The lowest BCUT2D eigenvalue weighted by atomic mass is 10.3. The standard InChI is InChI=1S/C11H7Cl2N3S/c12-8-4-3-7(17-8)11-15-10(13)9-6(14)2-1-5-16(9)11/h1-5H,14H2. The van der Waals surface area contributed by atoms with E-state index in [2.05, 4.69) is 4.98 Å². The summed E-state index contributed by atoms with van der Waals surface area (Å²) in [6, 6.07) is 7.41. The van der Waals surface area contributed by atoms with Crippen LogP contribution in [-0.2, 0) is 0 Å². The molecule has 0 unspecified atom stereocenters. The molecule has 0 aliphatic carbocycles. The van der Waals surface area contributed by atoms with Gasteiger partial charge in [0.05, 0.1) is 14.9 Å². The zero-order chi connectivity index (χ0) is 12.0. The molecule has 3 heterocycles. The summed E-state index contributed by atoms with van der Waals surface area (Å²) in [5, 5.41) is 0.405. The van der Waals surface area contributed by atoms with Crippen LogP contribution in [0.15, 0.2) is 30.5 Å².